The molecule has 2 aliphatic rings. The minimum atomic E-state index is 0.141. The highest BCUT2D eigenvalue weighted by Gasteiger charge is 2.20. The molecule has 0 atom stereocenters. The van der Waals surface area contributed by atoms with Crippen molar-refractivity contribution in [2.24, 2.45) is 0 Å². The van der Waals surface area contributed by atoms with Crippen LogP contribution < -0.4 is 5.32 Å². The van der Waals surface area contributed by atoms with Gasteiger partial charge in [0.25, 0.3) is 0 Å². The summed E-state index contributed by atoms with van der Waals surface area (Å²) in [4.78, 5) is 13.2. The van der Waals surface area contributed by atoms with Crippen molar-refractivity contribution in [1.29, 1.82) is 0 Å². The molecule has 0 bridgehead atoms. The molecular weight excluding hydrogens is 180 g/mol. The first-order valence-corrected chi connectivity index (χ1v) is 5.45. The van der Waals surface area contributed by atoms with E-state index in [9.17, 15) is 4.79 Å². The first-order chi connectivity index (χ1) is 6.86. The molecule has 0 aromatic carbocycles. The molecule has 80 valence electrons. The minimum Gasteiger partial charge on any atom is -0.370 e. The van der Waals surface area contributed by atoms with Crippen LogP contribution in [0.2, 0.25) is 0 Å². The Morgan fingerprint density at radius 3 is 3.07 bits per heavy atom. The Hall–Kier alpha value is -0.610. The highest BCUT2D eigenvalue weighted by Crippen LogP contribution is 2.18. The number of hydrogen-bond acceptors (Lipinski definition) is 3. The first-order valence-electron chi connectivity index (χ1n) is 5.45. The normalized spacial score (nSPS) is 22.9. The zero-order valence-electron chi connectivity index (χ0n) is 8.50. The number of ether oxygens (including phenoxy) is 1. The molecule has 0 radical (unpaired) electrons. The SMILES string of the molecule is O=C1COCCN1CCCNC1CC1. The van der Waals surface area contributed by atoms with Crippen molar-refractivity contribution in [3.05, 3.63) is 0 Å². The summed E-state index contributed by atoms with van der Waals surface area (Å²) in [5.74, 6) is 0.141. The maximum absolute atomic E-state index is 11.3. The van der Waals surface area contributed by atoms with Gasteiger partial charge in [0, 0.05) is 19.1 Å². The second-order valence-corrected chi connectivity index (χ2v) is 4.02. The molecule has 1 N–H and O–H groups in total. The van der Waals surface area contributed by atoms with Crippen molar-refractivity contribution in [2.45, 2.75) is 25.3 Å². The van der Waals surface area contributed by atoms with E-state index in [0.29, 0.717) is 6.61 Å². The number of morpholine rings is 1. The van der Waals surface area contributed by atoms with Gasteiger partial charge in [-0.05, 0) is 25.8 Å². The van der Waals surface area contributed by atoms with Crippen LogP contribution in [-0.2, 0) is 9.53 Å². The predicted octanol–water partition coefficient (Wildman–Crippen LogP) is -0.0127. The Balaban J connectivity index is 1.56. The lowest BCUT2D eigenvalue weighted by atomic mass is 10.3. The van der Waals surface area contributed by atoms with Crippen molar-refractivity contribution in [3.8, 4) is 0 Å². The summed E-state index contributed by atoms with van der Waals surface area (Å²) < 4.78 is 5.06. The lowest BCUT2D eigenvalue weighted by Crippen LogP contribution is -2.42. The Labute approximate surface area is 84.6 Å². The average Bonchev–Trinajstić information content (AvgIpc) is 2.99. The van der Waals surface area contributed by atoms with E-state index in [1.807, 2.05) is 4.90 Å². The Bertz CT molecular complexity index is 204. The van der Waals surface area contributed by atoms with E-state index in [1.54, 1.807) is 0 Å². The highest BCUT2D eigenvalue weighted by molar-refractivity contribution is 5.77. The van der Waals surface area contributed by atoms with Crippen LogP contribution in [0.25, 0.3) is 0 Å². The van der Waals surface area contributed by atoms with Crippen molar-refractivity contribution in [1.82, 2.24) is 10.2 Å². The summed E-state index contributed by atoms with van der Waals surface area (Å²) in [5, 5.41) is 3.44. The third kappa shape index (κ3) is 2.96. The third-order valence-corrected chi connectivity index (χ3v) is 2.70. The molecule has 0 aromatic heterocycles. The standard InChI is InChI=1S/C10H18N2O2/c13-10-8-14-7-6-12(10)5-1-4-11-9-2-3-9/h9,11H,1-8H2. The smallest absolute Gasteiger partial charge is 0.248 e. The van der Waals surface area contributed by atoms with Gasteiger partial charge in [-0.3, -0.25) is 4.79 Å². The van der Waals surface area contributed by atoms with Gasteiger partial charge in [-0.15, -0.1) is 0 Å². The second kappa shape index (κ2) is 4.75. The largest absolute Gasteiger partial charge is 0.370 e. The monoisotopic (exact) mass is 198 g/mol. The van der Waals surface area contributed by atoms with Crippen LogP contribution in [0.5, 0.6) is 0 Å². The summed E-state index contributed by atoms with van der Waals surface area (Å²) in [6.07, 6.45) is 3.72. The van der Waals surface area contributed by atoms with Crippen LogP contribution in [0.15, 0.2) is 0 Å². The fourth-order valence-corrected chi connectivity index (χ4v) is 1.65. The molecular formula is C10H18N2O2. The minimum absolute atomic E-state index is 0.141. The topological polar surface area (TPSA) is 41.6 Å². The van der Waals surface area contributed by atoms with E-state index in [-0.39, 0.29) is 12.5 Å². The summed E-state index contributed by atoms with van der Waals surface area (Å²) in [5.41, 5.74) is 0. The zero-order valence-corrected chi connectivity index (χ0v) is 8.50. The predicted molar refractivity (Wildman–Crippen MR) is 53.0 cm³/mol. The van der Waals surface area contributed by atoms with Gasteiger partial charge in [0.2, 0.25) is 5.91 Å². The van der Waals surface area contributed by atoms with Gasteiger partial charge in [-0.1, -0.05) is 0 Å². The Morgan fingerprint density at radius 2 is 2.36 bits per heavy atom. The molecule has 0 spiro atoms. The van der Waals surface area contributed by atoms with Gasteiger partial charge in [0.1, 0.15) is 6.61 Å². The van der Waals surface area contributed by atoms with Gasteiger partial charge < -0.3 is 15.0 Å². The van der Waals surface area contributed by atoms with Crippen LogP contribution in [-0.4, -0.2) is 49.7 Å². The lowest BCUT2D eigenvalue weighted by Gasteiger charge is -2.26. The molecule has 4 nitrogen and oxygen atoms in total. The van der Waals surface area contributed by atoms with Crippen LogP contribution in [0, 0.1) is 0 Å². The molecule has 1 heterocycles. The van der Waals surface area contributed by atoms with Gasteiger partial charge in [-0.2, -0.15) is 0 Å². The van der Waals surface area contributed by atoms with Crippen molar-refractivity contribution in [2.75, 3.05) is 32.8 Å². The van der Waals surface area contributed by atoms with Crippen molar-refractivity contribution < 1.29 is 9.53 Å². The number of carbonyl (C=O) groups is 1. The molecule has 1 amide bonds. The molecule has 0 aromatic rings. The van der Waals surface area contributed by atoms with Gasteiger partial charge in [0.05, 0.1) is 6.61 Å². The van der Waals surface area contributed by atoms with Gasteiger partial charge in [-0.25, -0.2) is 0 Å². The molecule has 0 unspecified atom stereocenters. The van der Waals surface area contributed by atoms with E-state index in [0.717, 1.165) is 32.1 Å². The maximum atomic E-state index is 11.3. The molecule has 4 heteroatoms. The van der Waals surface area contributed by atoms with Crippen LogP contribution >= 0.6 is 0 Å². The van der Waals surface area contributed by atoms with Gasteiger partial charge >= 0.3 is 0 Å². The number of nitrogens with zero attached hydrogens (tertiary/aromatic N) is 1. The van der Waals surface area contributed by atoms with Crippen LogP contribution in [0.3, 0.4) is 0 Å². The number of carbonyl (C=O) groups excluding carboxylic acids is 1. The Kier molecular flexibility index (Phi) is 3.37. The van der Waals surface area contributed by atoms with E-state index < -0.39 is 0 Å². The molecule has 14 heavy (non-hydrogen) atoms. The van der Waals surface area contributed by atoms with Gasteiger partial charge in [0.15, 0.2) is 0 Å². The van der Waals surface area contributed by atoms with E-state index in [1.165, 1.54) is 12.8 Å². The fourth-order valence-electron chi connectivity index (χ4n) is 1.65. The molecule has 1 saturated heterocycles. The van der Waals surface area contributed by atoms with Crippen LogP contribution in [0.4, 0.5) is 0 Å². The zero-order chi connectivity index (χ0) is 9.80. The highest BCUT2D eigenvalue weighted by atomic mass is 16.5. The fraction of sp³-hybridized carbons (Fsp3) is 0.900. The second-order valence-electron chi connectivity index (χ2n) is 4.02. The van der Waals surface area contributed by atoms with E-state index in [4.69, 9.17) is 4.74 Å². The quantitative estimate of drug-likeness (QED) is 0.632. The van der Waals surface area contributed by atoms with Crippen LogP contribution in [0.1, 0.15) is 19.3 Å². The number of hydrogen-bond donors (Lipinski definition) is 1. The Morgan fingerprint density at radius 1 is 1.50 bits per heavy atom. The van der Waals surface area contributed by atoms with E-state index in [2.05, 4.69) is 5.32 Å². The summed E-state index contributed by atoms with van der Waals surface area (Å²) in [7, 11) is 0. The maximum Gasteiger partial charge on any atom is 0.248 e. The summed E-state index contributed by atoms with van der Waals surface area (Å²) in [6.45, 7) is 3.65. The third-order valence-electron chi connectivity index (χ3n) is 2.70. The number of rotatable bonds is 5. The molecule has 1 aliphatic carbocycles. The number of nitrogens with one attached hydrogen (secondary N) is 1. The lowest BCUT2D eigenvalue weighted by molar-refractivity contribution is -0.142. The van der Waals surface area contributed by atoms with Crippen molar-refractivity contribution in [3.63, 3.8) is 0 Å². The number of amides is 1. The average molecular weight is 198 g/mol. The first kappa shape index (κ1) is 9.93. The molecule has 1 aliphatic heterocycles. The molecule has 2 fully saturated rings. The molecule has 2 rings (SSSR count). The summed E-state index contributed by atoms with van der Waals surface area (Å²) >= 11 is 0. The van der Waals surface area contributed by atoms with Crippen molar-refractivity contribution >= 4 is 5.91 Å². The summed E-state index contributed by atoms with van der Waals surface area (Å²) in [6, 6.07) is 0.774. The van der Waals surface area contributed by atoms with E-state index >= 15 is 0 Å². The molecule has 1 saturated carbocycles.